The monoisotopic (exact) mass is 491 g/mol. The molecule has 3 aromatic rings. The van der Waals surface area contributed by atoms with Gasteiger partial charge in [0.2, 0.25) is 17.7 Å². The van der Waals surface area contributed by atoms with Gasteiger partial charge in [0.05, 0.1) is 17.2 Å². The van der Waals surface area contributed by atoms with Crippen LogP contribution < -0.4 is 5.73 Å². The van der Waals surface area contributed by atoms with Crippen LogP contribution in [0.15, 0.2) is 27.1 Å². The molecule has 0 radical (unpaired) electrons. The van der Waals surface area contributed by atoms with Crippen molar-refractivity contribution in [2.45, 2.75) is 58.3 Å². The summed E-state index contributed by atoms with van der Waals surface area (Å²) in [5, 5.41) is 19.3. The number of rotatable bonds is 13. The number of aromatic nitrogens is 5. The molecule has 3 rings (SSSR count). The van der Waals surface area contributed by atoms with Crippen LogP contribution in [0.4, 0.5) is 0 Å². The highest BCUT2D eigenvalue weighted by Crippen LogP contribution is 2.24. The Bertz CT molecular complexity index is 1050. The van der Waals surface area contributed by atoms with Gasteiger partial charge < -0.3 is 19.6 Å². The number of thioether (sulfide) groups is 1. The molecule has 0 bridgehead atoms. The maximum atomic E-state index is 13.0. The van der Waals surface area contributed by atoms with E-state index in [1.165, 1.54) is 23.1 Å². The molecular formula is C21H29N7O3S2. The minimum Gasteiger partial charge on any atom is -0.418 e. The van der Waals surface area contributed by atoms with E-state index < -0.39 is 0 Å². The number of hydrogen-bond donors (Lipinski definition) is 1. The lowest BCUT2D eigenvalue weighted by Crippen LogP contribution is -2.33. The second-order valence-corrected chi connectivity index (χ2v) is 9.84. The Morgan fingerprint density at radius 3 is 2.76 bits per heavy atom. The van der Waals surface area contributed by atoms with Gasteiger partial charge in [-0.05, 0) is 23.8 Å². The first kappa shape index (κ1) is 24.9. The summed E-state index contributed by atoms with van der Waals surface area (Å²) < 4.78 is 7.73. The maximum Gasteiger partial charge on any atom is 0.257 e. The molecule has 0 spiro atoms. The van der Waals surface area contributed by atoms with E-state index in [1.807, 2.05) is 29.0 Å². The SMILES string of the molecule is CCCN(Cc1nnc(-c2cccs2)o1)C(=O)CSc1nnc(CCC(N)=O)n1CC(C)C. The Balaban J connectivity index is 1.65. The molecule has 33 heavy (non-hydrogen) atoms. The van der Waals surface area contributed by atoms with Crippen LogP contribution in [0.1, 0.15) is 45.3 Å². The van der Waals surface area contributed by atoms with Crippen LogP contribution in [-0.4, -0.2) is 54.0 Å². The Morgan fingerprint density at radius 1 is 1.27 bits per heavy atom. The van der Waals surface area contributed by atoms with E-state index in [1.54, 1.807) is 4.90 Å². The van der Waals surface area contributed by atoms with E-state index in [9.17, 15) is 9.59 Å². The molecule has 0 aliphatic carbocycles. The molecule has 3 heterocycles. The zero-order valence-electron chi connectivity index (χ0n) is 19.1. The van der Waals surface area contributed by atoms with Crippen molar-refractivity contribution in [3.8, 4) is 10.8 Å². The molecule has 0 aliphatic heterocycles. The van der Waals surface area contributed by atoms with Crippen LogP contribution in [0, 0.1) is 5.92 Å². The largest absolute Gasteiger partial charge is 0.418 e. The summed E-state index contributed by atoms with van der Waals surface area (Å²) in [5.41, 5.74) is 5.28. The van der Waals surface area contributed by atoms with Gasteiger partial charge in [-0.1, -0.05) is 38.6 Å². The quantitative estimate of drug-likeness (QED) is 0.361. The van der Waals surface area contributed by atoms with Crippen LogP contribution in [0.2, 0.25) is 0 Å². The molecule has 12 heteroatoms. The first-order valence-corrected chi connectivity index (χ1v) is 12.7. The lowest BCUT2D eigenvalue weighted by atomic mass is 10.2. The van der Waals surface area contributed by atoms with Crippen molar-refractivity contribution in [2.24, 2.45) is 11.7 Å². The van der Waals surface area contributed by atoms with Crippen molar-refractivity contribution in [3.05, 3.63) is 29.2 Å². The fraction of sp³-hybridized carbons (Fsp3) is 0.524. The molecule has 0 aliphatic rings. The van der Waals surface area contributed by atoms with Gasteiger partial charge in [0.25, 0.3) is 5.89 Å². The summed E-state index contributed by atoms with van der Waals surface area (Å²) in [6.45, 7) is 7.74. The summed E-state index contributed by atoms with van der Waals surface area (Å²) in [6.07, 6.45) is 1.44. The lowest BCUT2D eigenvalue weighted by Gasteiger charge is -2.20. The molecule has 3 aromatic heterocycles. The van der Waals surface area contributed by atoms with Crippen molar-refractivity contribution in [3.63, 3.8) is 0 Å². The summed E-state index contributed by atoms with van der Waals surface area (Å²) in [5.74, 6) is 1.71. The average Bonchev–Trinajstić information content (AvgIpc) is 3.51. The van der Waals surface area contributed by atoms with E-state index in [-0.39, 0.29) is 30.5 Å². The van der Waals surface area contributed by atoms with Crippen LogP contribution in [0.25, 0.3) is 10.8 Å². The Kier molecular flexibility index (Phi) is 9.01. The lowest BCUT2D eigenvalue weighted by molar-refractivity contribution is -0.129. The van der Waals surface area contributed by atoms with Crippen molar-refractivity contribution in [1.82, 2.24) is 29.9 Å². The summed E-state index contributed by atoms with van der Waals surface area (Å²) in [6, 6.07) is 3.84. The fourth-order valence-electron chi connectivity index (χ4n) is 3.15. The van der Waals surface area contributed by atoms with E-state index in [4.69, 9.17) is 10.2 Å². The zero-order valence-corrected chi connectivity index (χ0v) is 20.7. The Morgan fingerprint density at radius 2 is 2.09 bits per heavy atom. The van der Waals surface area contributed by atoms with Crippen LogP contribution in [-0.2, 0) is 29.1 Å². The zero-order chi connectivity index (χ0) is 23.8. The summed E-state index contributed by atoms with van der Waals surface area (Å²) in [4.78, 5) is 26.8. The van der Waals surface area contributed by atoms with Gasteiger partial charge in [-0.25, -0.2) is 0 Å². The van der Waals surface area contributed by atoms with Gasteiger partial charge >= 0.3 is 0 Å². The first-order chi connectivity index (χ1) is 15.9. The Hall–Kier alpha value is -2.73. The summed E-state index contributed by atoms with van der Waals surface area (Å²) in [7, 11) is 0. The van der Waals surface area contributed by atoms with Crippen molar-refractivity contribution >= 4 is 34.9 Å². The topological polar surface area (TPSA) is 133 Å². The summed E-state index contributed by atoms with van der Waals surface area (Å²) >= 11 is 2.86. The molecule has 0 atom stereocenters. The second-order valence-electron chi connectivity index (χ2n) is 7.95. The highest BCUT2D eigenvalue weighted by Gasteiger charge is 2.20. The second kappa shape index (κ2) is 11.9. The molecule has 2 N–H and O–H groups in total. The number of amides is 2. The molecule has 0 unspecified atom stereocenters. The maximum absolute atomic E-state index is 13.0. The number of thiophene rings is 1. The predicted octanol–water partition coefficient (Wildman–Crippen LogP) is 2.99. The van der Waals surface area contributed by atoms with Crippen LogP contribution in [0.3, 0.4) is 0 Å². The number of nitrogens with zero attached hydrogens (tertiary/aromatic N) is 6. The van der Waals surface area contributed by atoms with Gasteiger partial charge in [-0.15, -0.1) is 31.7 Å². The van der Waals surface area contributed by atoms with Crippen LogP contribution in [0.5, 0.6) is 0 Å². The highest BCUT2D eigenvalue weighted by atomic mass is 32.2. The van der Waals surface area contributed by atoms with Gasteiger partial charge in [0.15, 0.2) is 5.16 Å². The van der Waals surface area contributed by atoms with Crippen molar-refractivity contribution < 1.29 is 14.0 Å². The van der Waals surface area contributed by atoms with E-state index in [2.05, 4.69) is 34.2 Å². The van der Waals surface area contributed by atoms with E-state index >= 15 is 0 Å². The van der Waals surface area contributed by atoms with Crippen molar-refractivity contribution in [2.75, 3.05) is 12.3 Å². The third kappa shape index (κ3) is 7.13. The van der Waals surface area contributed by atoms with Gasteiger partial charge in [0, 0.05) is 25.9 Å². The van der Waals surface area contributed by atoms with E-state index in [0.717, 1.165) is 11.3 Å². The molecule has 0 aromatic carbocycles. The first-order valence-electron chi connectivity index (χ1n) is 10.8. The molecule has 2 amide bonds. The molecule has 0 saturated carbocycles. The molecule has 10 nitrogen and oxygen atoms in total. The number of carbonyl (C=O) groups is 2. The van der Waals surface area contributed by atoms with Gasteiger partial charge in [-0.3, -0.25) is 9.59 Å². The number of nitrogens with two attached hydrogens (primary N) is 1. The minimum atomic E-state index is -0.378. The number of primary amides is 1. The minimum absolute atomic E-state index is 0.0458. The van der Waals surface area contributed by atoms with Gasteiger partial charge in [0.1, 0.15) is 5.82 Å². The standard InChI is InChI=1S/C21H29N7O3S2/c1-4-9-27(12-18-24-25-20(31-18)15-6-5-10-32-15)19(30)13-33-21-26-23-17(8-7-16(22)29)28(21)11-14(2)3/h5-6,10,14H,4,7-9,11-13H2,1-3H3,(H2,22,29). The van der Waals surface area contributed by atoms with E-state index in [0.29, 0.717) is 48.2 Å². The average molecular weight is 492 g/mol. The fourth-order valence-corrected chi connectivity index (χ4v) is 4.67. The number of aryl methyl sites for hydroxylation is 1. The molecule has 178 valence electrons. The van der Waals surface area contributed by atoms with Gasteiger partial charge in [-0.2, -0.15) is 0 Å². The normalized spacial score (nSPS) is 11.3. The van der Waals surface area contributed by atoms with Crippen LogP contribution >= 0.6 is 23.1 Å². The predicted molar refractivity (Wildman–Crippen MR) is 126 cm³/mol. The third-order valence-electron chi connectivity index (χ3n) is 4.63. The molecular weight excluding hydrogens is 462 g/mol. The number of hydrogen-bond acceptors (Lipinski definition) is 9. The Labute approximate surface area is 201 Å². The van der Waals surface area contributed by atoms with Crippen molar-refractivity contribution in [1.29, 1.82) is 0 Å². The molecule has 0 fully saturated rings. The third-order valence-corrected chi connectivity index (χ3v) is 6.44. The number of carbonyl (C=O) groups excluding carboxylic acids is 2. The molecule has 0 saturated heterocycles. The smallest absolute Gasteiger partial charge is 0.257 e. The highest BCUT2D eigenvalue weighted by molar-refractivity contribution is 7.99.